The van der Waals surface area contributed by atoms with Gasteiger partial charge in [-0.1, -0.05) is 65.4 Å². The zero-order chi connectivity index (χ0) is 20.4. The Balaban J connectivity index is 1.76. The maximum absolute atomic E-state index is 13.6. The van der Waals surface area contributed by atoms with Gasteiger partial charge in [-0.05, 0) is 56.0 Å². The van der Waals surface area contributed by atoms with E-state index in [0.29, 0.717) is 22.3 Å². The number of hydrogen-bond donors (Lipinski definition) is 0. The fourth-order valence-electron chi connectivity index (χ4n) is 3.41. The molecule has 3 aromatic carbocycles. The van der Waals surface area contributed by atoms with E-state index >= 15 is 0 Å². The van der Waals surface area contributed by atoms with Crippen LogP contribution >= 0.6 is 22.9 Å². The molecule has 0 saturated carbocycles. The van der Waals surface area contributed by atoms with Crippen LogP contribution in [0.5, 0.6) is 0 Å². The Morgan fingerprint density at radius 2 is 1.76 bits per heavy atom. The van der Waals surface area contributed by atoms with E-state index in [4.69, 9.17) is 16.6 Å². The van der Waals surface area contributed by atoms with Gasteiger partial charge in [-0.3, -0.25) is 9.69 Å². The number of hydrogen-bond acceptors (Lipinski definition) is 4. The van der Waals surface area contributed by atoms with Crippen LogP contribution in [0.1, 0.15) is 16.8 Å². The molecule has 0 aliphatic carbocycles. The van der Waals surface area contributed by atoms with Gasteiger partial charge < -0.3 is 4.90 Å². The molecular formula is C23H22ClN3OS. The molecule has 0 bridgehead atoms. The summed E-state index contributed by atoms with van der Waals surface area (Å²) in [5.74, 6) is -0.0317. The average molecular weight is 424 g/mol. The molecule has 1 amide bonds. The third-order valence-corrected chi connectivity index (χ3v) is 6.19. The van der Waals surface area contributed by atoms with E-state index in [1.165, 1.54) is 11.3 Å². The van der Waals surface area contributed by atoms with Gasteiger partial charge in [0.05, 0.1) is 9.72 Å². The number of para-hydroxylation sites is 1. The summed E-state index contributed by atoms with van der Waals surface area (Å²) in [7, 11) is 4.07. The second kappa shape index (κ2) is 8.49. The van der Waals surface area contributed by atoms with Gasteiger partial charge in [-0.25, -0.2) is 4.98 Å². The first-order valence-electron chi connectivity index (χ1n) is 9.54. The van der Waals surface area contributed by atoms with Gasteiger partial charge in [0.15, 0.2) is 5.13 Å². The second-order valence-electron chi connectivity index (χ2n) is 7.22. The summed E-state index contributed by atoms with van der Waals surface area (Å²) in [5, 5.41) is 3.30. The van der Waals surface area contributed by atoms with E-state index in [1.807, 2.05) is 74.8 Å². The van der Waals surface area contributed by atoms with Crippen molar-refractivity contribution in [3.63, 3.8) is 0 Å². The third-order valence-electron chi connectivity index (χ3n) is 4.84. The van der Waals surface area contributed by atoms with Crippen molar-refractivity contribution in [3.8, 4) is 0 Å². The molecule has 6 heteroatoms. The highest BCUT2D eigenvalue weighted by atomic mass is 35.5. The van der Waals surface area contributed by atoms with Crippen molar-refractivity contribution in [2.75, 3.05) is 32.1 Å². The van der Waals surface area contributed by atoms with Gasteiger partial charge in [0, 0.05) is 12.1 Å². The Morgan fingerprint density at radius 3 is 2.55 bits per heavy atom. The van der Waals surface area contributed by atoms with Crippen molar-refractivity contribution < 1.29 is 4.79 Å². The number of amides is 1. The Bertz CT molecular complexity index is 1170. The van der Waals surface area contributed by atoms with Crippen molar-refractivity contribution >= 4 is 55.0 Å². The zero-order valence-corrected chi connectivity index (χ0v) is 18.0. The minimum Gasteiger partial charge on any atom is -0.309 e. The van der Waals surface area contributed by atoms with Gasteiger partial charge in [0.25, 0.3) is 5.91 Å². The van der Waals surface area contributed by atoms with Crippen LogP contribution in [0.4, 0.5) is 5.13 Å². The van der Waals surface area contributed by atoms with Crippen LogP contribution in [0.25, 0.3) is 21.0 Å². The molecular weight excluding hydrogens is 402 g/mol. The summed E-state index contributed by atoms with van der Waals surface area (Å²) in [6.07, 6.45) is 0.854. The predicted molar refractivity (Wildman–Crippen MR) is 123 cm³/mol. The van der Waals surface area contributed by atoms with Crippen LogP contribution in [-0.2, 0) is 0 Å². The molecule has 0 N–H and O–H groups in total. The summed E-state index contributed by atoms with van der Waals surface area (Å²) in [6.45, 7) is 1.49. The van der Waals surface area contributed by atoms with Crippen LogP contribution in [0, 0.1) is 0 Å². The van der Waals surface area contributed by atoms with Crippen LogP contribution in [0.3, 0.4) is 0 Å². The van der Waals surface area contributed by atoms with Crippen molar-refractivity contribution in [1.82, 2.24) is 9.88 Å². The minimum atomic E-state index is -0.0317. The lowest BCUT2D eigenvalue weighted by Gasteiger charge is -2.21. The summed E-state index contributed by atoms with van der Waals surface area (Å²) in [4.78, 5) is 22.3. The van der Waals surface area contributed by atoms with Crippen LogP contribution in [0.15, 0.2) is 60.7 Å². The molecule has 4 aromatic rings. The molecule has 0 fully saturated rings. The molecule has 148 valence electrons. The number of fused-ring (bicyclic) bond motifs is 2. The molecule has 0 saturated heterocycles. The summed E-state index contributed by atoms with van der Waals surface area (Å²) < 4.78 is 0.982. The van der Waals surface area contributed by atoms with E-state index in [-0.39, 0.29) is 5.91 Å². The standard InChI is InChI=1S/C23H22ClN3OS/c1-26(2)14-7-15-27(23-25-21-19(24)12-6-13-20(21)29-23)22(28)18-11-5-9-16-8-3-4-10-17(16)18/h3-6,8-13H,7,14-15H2,1-2H3. The highest BCUT2D eigenvalue weighted by Crippen LogP contribution is 2.34. The molecule has 4 rings (SSSR count). The highest BCUT2D eigenvalue weighted by molar-refractivity contribution is 7.22. The molecule has 1 aromatic heterocycles. The fourth-order valence-corrected chi connectivity index (χ4v) is 4.69. The molecule has 0 spiro atoms. The van der Waals surface area contributed by atoms with Crippen LogP contribution in [-0.4, -0.2) is 43.0 Å². The van der Waals surface area contributed by atoms with Gasteiger partial charge in [0.1, 0.15) is 5.52 Å². The first-order chi connectivity index (χ1) is 14.0. The Hall–Kier alpha value is -2.47. The maximum Gasteiger partial charge on any atom is 0.260 e. The summed E-state index contributed by atoms with van der Waals surface area (Å²) >= 11 is 7.83. The second-order valence-corrected chi connectivity index (χ2v) is 8.64. The Morgan fingerprint density at radius 1 is 1.00 bits per heavy atom. The number of aromatic nitrogens is 1. The Labute approximate surface area is 179 Å². The predicted octanol–water partition coefficient (Wildman–Crippen LogP) is 5.70. The fraction of sp³-hybridized carbons (Fsp3) is 0.217. The molecule has 29 heavy (non-hydrogen) atoms. The van der Waals surface area contributed by atoms with Crippen molar-refractivity contribution in [3.05, 3.63) is 71.2 Å². The molecule has 0 unspecified atom stereocenters. The van der Waals surface area contributed by atoms with Crippen molar-refractivity contribution in [1.29, 1.82) is 0 Å². The van der Waals surface area contributed by atoms with Gasteiger partial charge in [-0.15, -0.1) is 0 Å². The third kappa shape index (κ3) is 4.13. The lowest BCUT2D eigenvalue weighted by atomic mass is 10.0. The largest absolute Gasteiger partial charge is 0.309 e. The number of nitrogens with zero attached hydrogens (tertiary/aromatic N) is 3. The zero-order valence-electron chi connectivity index (χ0n) is 16.4. The number of rotatable bonds is 6. The first kappa shape index (κ1) is 19.8. The molecule has 0 aliphatic rings. The molecule has 4 nitrogen and oxygen atoms in total. The molecule has 1 heterocycles. The lowest BCUT2D eigenvalue weighted by Crippen LogP contribution is -2.33. The number of benzene rings is 3. The maximum atomic E-state index is 13.6. The van der Waals surface area contributed by atoms with E-state index in [1.54, 1.807) is 4.90 Å². The van der Waals surface area contributed by atoms with Crippen LogP contribution < -0.4 is 4.90 Å². The number of carbonyl (C=O) groups excluding carboxylic acids is 1. The van der Waals surface area contributed by atoms with Crippen molar-refractivity contribution in [2.24, 2.45) is 0 Å². The number of anilines is 1. The number of thiazole rings is 1. The van der Waals surface area contributed by atoms with Gasteiger partial charge in [0.2, 0.25) is 0 Å². The van der Waals surface area contributed by atoms with E-state index < -0.39 is 0 Å². The van der Waals surface area contributed by atoms with Crippen molar-refractivity contribution in [2.45, 2.75) is 6.42 Å². The minimum absolute atomic E-state index is 0.0317. The SMILES string of the molecule is CN(C)CCCN(C(=O)c1cccc2ccccc12)c1nc2c(Cl)cccc2s1. The molecule has 0 atom stereocenters. The topological polar surface area (TPSA) is 36.4 Å². The van der Waals surface area contributed by atoms with E-state index in [2.05, 4.69) is 4.90 Å². The molecule has 0 aliphatic heterocycles. The van der Waals surface area contributed by atoms with E-state index in [9.17, 15) is 4.79 Å². The Kier molecular flexibility index (Phi) is 5.81. The highest BCUT2D eigenvalue weighted by Gasteiger charge is 2.23. The number of halogens is 1. The lowest BCUT2D eigenvalue weighted by molar-refractivity contribution is 0.0987. The molecule has 0 radical (unpaired) electrons. The normalized spacial score (nSPS) is 11.4. The monoisotopic (exact) mass is 423 g/mol. The average Bonchev–Trinajstić information content (AvgIpc) is 3.15. The quantitative estimate of drug-likeness (QED) is 0.399. The van der Waals surface area contributed by atoms with Gasteiger partial charge in [-0.2, -0.15) is 0 Å². The van der Waals surface area contributed by atoms with E-state index in [0.717, 1.165) is 34.0 Å². The number of carbonyl (C=O) groups is 1. The first-order valence-corrected chi connectivity index (χ1v) is 10.7. The van der Waals surface area contributed by atoms with Crippen LogP contribution in [0.2, 0.25) is 5.02 Å². The summed E-state index contributed by atoms with van der Waals surface area (Å²) in [6, 6.07) is 19.6. The smallest absolute Gasteiger partial charge is 0.260 e. The van der Waals surface area contributed by atoms with Gasteiger partial charge >= 0.3 is 0 Å². The summed E-state index contributed by atoms with van der Waals surface area (Å²) in [5.41, 5.74) is 1.44.